The number of aromatic nitrogens is 2. The quantitative estimate of drug-likeness (QED) is 0.812. The van der Waals surface area contributed by atoms with Crippen LogP contribution in [0.5, 0.6) is 5.75 Å². The molecule has 0 atom stereocenters. The molecule has 1 amide bonds. The van der Waals surface area contributed by atoms with E-state index in [1.165, 1.54) is 21.3 Å². The van der Waals surface area contributed by atoms with E-state index in [1.54, 1.807) is 37.3 Å². The van der Waals surface area contributed by atoms with Crippen LogP contribution in [-0.4, -0.2) is 39.1 Å². The average molecular weight is 329 g/mol. The minimum absolute atomic E-state index is 0.134. The molecule has 0 unspecified atom stereocenters. The van der Waals surface area contributed by atoms with Crippen molar-refractivity contribution in [2.75, 3.05) is 13.1 Å². The smallest absolute Gasteiger partial charge is 0.263 e. The van der Waals surface area contributed by atoms with Gasteiger partial charge in [-0.25, -0.2) is 0 Å². The zero-order valence-electron chi connectivity index (χ0n) is 13.9. The summed E-state index contributed by atoms with van der Waals surface area (Å²) < 4.78 is 8.66. The second kappa shape index (κ2) is 5.99. The number of likely N-dealkylation sites (tertiary alicyclic amines) is 1. The third kappa shape index (κ3) is 2.84. The largest absolute Gasteiger partial charge is 0.486 e. The van der Waals surface area contributed by atoms with Crippen molar-refractivity contribution < 1.29 is 9.53 Å². The van der Waals surface area contributed by atoms with Gasteiger partial charge in [-0.05, 0) is 25.1 Å². The van der Waals surface area contributed by atoms with Gasteiger partial charge in [-0.2, -0.15) is 0 Å². The van der Waals surface area contributed by atoms with Gasteiger partial charge in [0.05, 0.1) is 13.1 Å². The number of pyridine rings is 2. The normalized spacial score (nSPS) is 14.4. The Hall–Kier alpha value is -2.83. The lowest BCUT2D eigenvalue weighted by Gasteiger charge is -2.38. The van der Waals surface area contributed by atoms with E-state index in [0.29, 0.717) is 18.8 Å². The molecule has 1 saturated heterocycles. The van der Waals surface area contributed by atoms with Crippen LogP contribution in [0.4, 0.5) is 0 Å². The molecule has 0 saturated carbocycles. The first kappa shape index (κ1) is 16.0. The predicted octanol–water partition coefficient (Wildman–Crippen LogP) is 0.296. The summed E-state index contributed by atoms with van der Waals surface area (Å²) in [5.41, 5.74) is 0.513. The Kier molecular flexibility index (Phi) is 4.01. The number of hydrogen-bond donors (Lipinski definition) is 0. The van der Waals surface area contributed by atoms with Crippen LogP contribution in [-0.2, 0) is 14.1 Å². The van der Waals surface area contributed by atoms with Crippen molar-refractivity contribution >= 4 is 5.91 Å². The first-order valence-electron chi connectivity index (χ1n) is 7.66. The Morgan fingerprint density at radius 2 is 1.92 bits per heavy atom. The number of rotatable bonds is 3. The molecule has 24 heavy (non-hydrogen) atoms. The molecule has 0 N–H and O–H groups in total. The van der Waals surface area contributed by atoms with Gasteiger partial charge in [-0.3, -0.25) is 14.4 Å². The second-order valence-corrected chi connectivity index (χ2v) is 6.02. The second-order valence-electron chi connectivity index (χ2n) is 6.02. The fourth-order valence-corrected chi connectivity index (χ4v) is 2.61. The lowest BCUT2D eigenvalue weighted by Crippen LogP contribution is -2.57. The highest BCUT2D eigenvalue weighted by Gasteiger charge is 2.34. The lowest BCUT2D eigenvalue weighted by molar-refractivity contribution is 0.0175. The maximum atomic E-state index is 12.4. The van der Waals surface area contributed by atoms with E-state index in [9.17, 15) is 14.4 Å². The molecule has 3 heterocycles. The molecule has 0 spiro atoms. The number of carbonyl (C=O) groups excluding carboxylic acids is 1. The number of aryl methyl sites for hydroxylation is 2. The Morgan fingerprint density at radius 1 is 1.21 bits per heavy atom. The highest BCUT2D eigenvalue weighted by molar-refractivity contribution is 5.94. The minimum atomic E-state index is -0.311. The molecule has 2 aromatic heterocycles. The average Bonchev–Trinajstić information content (AvgIpc) is 2.50. The predicted molar refractivity (Wildman–Crippen MR) is 88.4 cm³/mol. The lowest BCUT2D eigenvalue weighted by atomic mass is 10.1. The first-order valence-corrected chi connectivity index (χ1v) is 7.66. The minimum Gasteiger partial charge on any atom is -0.486 e. The van der Waals surface area contributed by atoms with Gasteiger partial charge in [0.2, 0.25) is 0 Å². The molecule has 0 bridgehead atoms. The standard InChI is InChI=1S/C17H19N3O4/c1-11-7-12(8-15(21)19(11)3)24-13-9-20(10-13)17(23)14-5-4-6-18(2)16(14)22/h4-8,13H,9-10H2,1-3H3. The van der Waals surface area contributed by atoms with Gasteiger partial charge in [0, 0.05) is 32.1 Å². The number of nitrogens with zero attached hydrogens (tertiary/aromatic N) is 3. The van der Waals surface area contributed by atoms with Crippen LogP contribution in [0, 0.1) is 6.92 Å². The topological polar surface area (TPSA) is 73.5 Å². The maximum absolute atomic E-state index is 12.4. The van der Waals surface area contributed by atoms with Crippen molar-refractivity contribution in [3.63, 3.8) is 0 Å². The molecule has 2 aromatic rings. The molecule has 7 heteroatoms. The molecule has 7 nitrogen and oxygen atoms in total. The highest BCUT2D eigenvalue weighted by Crippen LogP contribution is 2.19. The molecule has 1 fully saturated rings. The molecule has 0 aromatic carbocycles. The van der Waals surface area contributed by atoms with Gasteiger partial charge in [-0.15, -0.1) is 0 Å². The third-order valence-corrected chi connectivity index (χ3v) is 4.27. The molecular formula is C17H19N3O4. The van der Waals surface area contributed by atoms with Crippen LogP contribution < -0.4 is 15.9 Å². The maximum Gasteiger partial charge on any atom is 0.263 e. The van der Waals surface area contributed by atoms with Gasteiger partial charge in [-0.1, -0.05) is 0 Å². The van der Waals surface area contributed by atoms with Gasteiger partial charge in [0.15, 0.2) is 0 Å². The van der Waals surface area contributed by atoms with E-state index in [2.05, 4.69) is 0 Å². The van der Waals surface area contributed by atoms with Crippen LogP contribution >= 0.6 is 0 Å². The van der Waals surface area contributed by atoms with E-state index in [1.807, 2.05) is 6.92 Å². The molecule has 0 aliphatic carbocycles. The summed E-state index contributed by atoms with van der Waals surface area (Å²) in [6, 6.07) is 6.43. The zero-order chi connectivity index (χ0) is 17.4. The molecule has 0 radical (unpaired) electrons. The summed E-state index contributed by atoms with van der Waals surface area (Å²) in [7, 11) is 3.31. The van der Waals surface area contributed by atoms with E-state index in [-0.39, 0.29) is 28.7 Å². The van der Waals surface area contributed by atoms with E-state index in [4.69, 9.17) is 4.74 Å². The summed E-state index contributed by atoms with van der Waals surface area (Å²) in [6.07, 6.45) is 1.44. The summed E-state index contributed by atoms with van der Waals surface area (Å²) in [5, 5.41) is 0. The van der Waals surface area contributed by atoms with Crippen LogP contribution in [0.15, 0.2) is 40.1 Å². The van der Waals surface area contributed by atoms with Gasteiger partial charge >= 0.3 is 0 Å². The SMILES string of the molecule is Cc1cc(OC2CN(C(=O)c3cccn(C)c3=O)C2)cc(=O)n1C. The fourth-order valence-electron chi connectivity index (χ4n) is 2.61. The molecule has 126 valence electrons. The van der Waals surface area contributed by atoms with Gasteiger partial charge in [0.1, 0.15) is 17.4 Å². The monoisotopic (exact) mass is 329 g/mol. The zero-order valence-corrected chi connectivity index (χ0v) is 13.9. The Labute approximate surface area is 138 Å². The molecule has 3 rings (SSSR count). The summed E-state index contributed by atoms with van der Waals surface area (Å²) in [6.45, 7) is 2.62. The Morgan fingerprint density at radius 3 is 2.58 bits per heavy atom. The van der Waals surface area contributed by atoms with E-state index in [0.717, 1.165) is 5.69 Å². The Bertz CT molecular complexity index is 907. The van der Waals surface area contributed by atoms with E-state index < -0.39 is 0 Å². The first-order chi connectivity index (χ1) is 11.4. The van der Waals surface area contributed by atoms with Crippen LogP contribution in [0.2, 0.25) is 0 Å². The van der Waals surface area contributed by atoms with Crippen LogP contribution in [0.25, 0.3) is 0 Å². The fraction of sp³-hybridized carbons (Fsp3) is 0.353. The van der Waals surface area contributed by atoms with Crippen molar-refractivity contribution in [2.45, 2.75) is 13.0 Å². The van der Waals surface area contributed by atoms with Crippen LogP contribution in [0.3, 0.4) is 0 Å². The summed E-state index contributed by atoms with van der Waals surface area (Å²) in [4.78, 5) is 37.7. The van der Waals surface area contributed by atoms with Gasteiger partial charge < -0.3 is 18.8 Å². The highest BCUT2D eigenvalue weighted by atomic mass is 16.5. The molecule has 1 aliphatic heterocycles. The van der Waals surface area contributed by atoms with Gasteiger partial charge in [0.25, 0.3) is 17.0 Å². The van der Waals surface area contributed by atoms with Crippen molar-refractivity contribution in [3.8, 4) is 5.75 Å². The molecular weight excluding hydrogens is 310 g/mol. The summed E-state index contributed by atoms with van der Waals surface area (Å²) >= 11 is 0. The van der Waals surface area contributed by atoms with Crippen molar-refractivity contribution in [1.29, 1.82) is 0 Å². The van der Waals surface area contributed by atoms with E-state index >= 15 is 0 Å². The number of ether oxygens (including phenoxy) is 1. The number of hydrogen-bond acceptors (Lipinski definition) is 4. The third-order valence-electron chi connectivity index (χ3n) is 4.27. The van der Waals surface area contributed by atoms with Crippen molar-refractivity contribution in [1.82, 2.24) is 14.0 Å². The summed E-state index contributed by atoms with van der Waals surface area (Å²) in [5.74, 6) is 0.208. The van der Waals surface area contributed by atoms with Crippen molar-refractivity contribution in [2.24, 2.45) is 14.1 Å². The van der Waals surface area contributed by atoms with Crippen LogP contribution in [0.1, 0.15) is 16.1 Å². The molecule has 1 aliphatic rings. The Balaban J connectivity index is 1.65. The van der Waals surface area contributed by atoms with Crippen molar-refractivity contribution in [3.05, 3.63) is 62.4 Å². The number of amides is 1. The number of carbonyl (C=O) groups is 1.